The van der Waals surface area contributed by atoms with Gasteiger partial charge in [0.15, 0.2) is 6.61 Å². The maximum atomic E-state index is 13.3. The van der Waals surface area contributed by atoms with Crippen molar-refractivity contribution in [3.8, 4) is 0 Å². The van der Waals surface area contributed by atoms with Gasteiger partial charge in [-0.15, -0.1) is 11.3 Å². The Morgan fingerprint density at radius 2 is 2.00 bits per heavy atom. The summed E-state index contributed by atoms with van der Waals surface area (Å²) in [5.74, 6) is -1.37. The molecule has 1 aromatic heterocycles. The molecule has 29 heavy (non-hydrogen) atoms. The fourth-order valence-electron chi connectivity index (χ4n) is 2.50. The van der Waals surface area contributed by atoms with Crippen molar-refractivity contribution in [1.29, 1.82) is 0 Å². The van der Waals surface area contributed by atoms with E-state index in [0.29, 0.717) is 23.4 Å². The highest BCUT2D eigenvalue weighted by Crippen LogP contribution is 2.18. The van der Waals surface area contributed by atoms with Crippen molar-refractivity contribution < 1.29 is 27.1 Å². The molecule has 0 atom stereocenters. The van der Waals surface area contributed by atoms with Crippen molar-refractivity contribution in [2.45, 2.75) is 19.9 Å². The molecule has 0 radical (unpaired) electrons. The lowest BCUT2D eigenvalue weighted by Crippen LogP contribution is -2.34. The molecule has 0 saturated carbocycles. The quantitative estimate of drug-likeness (QED) is 0.570. The zero-order chi connectivity index (χ0) is 21.4. The average Bonchev–Trinajstić information content (AvgIpc) is 3.12. The van der Waals surface area contributed by atoms with Gasteiger partial charge in [-0.2, -0.15) is 0 Å². The Kier molecular flexibility index (Phi) is 8.30. The minimum absolute atomic E-state index is 0.223. The summed E-state index contributed by atoms with van der Waals surface area (Å²) in [5, 5.41) is 0. The summed E-state index contributed by atoms with van der Waals surface area (Å²) in [6.45, 7) is 2.22. The van der Waals surface area contributed by atoms with E-state index in [0.717, 1.165) is 11.1 Å². The molecule has 0 bridgehead atoms. The third-order valence-electron chi connectivity index (χ3n) is 3.92. The first-order chi connectivity index (χ1) is 13.7. The number of nitrogens with zero attached hydrogens (tertiary/aromatic N) is 1. The molecule has 0 saturated heterocycles. The Balaban J connectivity index is 1.85. The highest BCUT2D eigenvalue weighted by atomic mass is 32.2. The molecule has 0 aliphatic rings. The average molecular weight is 443 g/mol. The number of halogens is 1. The molecule has 7 nitrogen and oxygen atoms in total. The Hall–Kier alpha value is -2.30. The third kappa shape index (κ3) is 7.92. The second-order valence-electron chi connectivity index (χ2n) is 6.30. The Morgan fingerprint density at radius 1 is 1.24 bits per heavy atom. The topological polar surface area (TPSA) is 92.8 Å². The molecule has 0 fully saturated rings. The molecule has 2 aromatic rings. The van der Waals surface area contributed by atoms with E-state index in [-0.39, 0.29) is 24.8 Å². The van der Waals surface area contributed by atoms with Crippen molar-refractivity contribution in [2.24, 2.45) is 0 Å². The van der Waals surface area contributed by atoms with Crippen molar-refractivity contribution >= 4 is 33.2 Å². The molecule has 2 rings (SSSR count). The van der Waals surface area contributed by atoms with E-state index in [2.05, 4.69) is 4.72 Å². The van der Waals surface area contributed by atoms with Gasteiger partial charge in [-0.3, -0.25) is 4.79 Å². The van der Waals surface area contributed by atoms with E-state index in [1.165, 1.54) is 28.4 Å². The van der Waals surface area contributed by atoms with Gasteiger partial charge in [0.1, 0.15) is 10.7 Å². The number of carbonyl (C=O) groups excluding carboxylic acids is 2. The first-order valence-electron chi connectivity index (χ1n) is 8.90. The summed E-state index contributed by atoms with van der Waals surface area (Å²) in [5.41, 5.74) is 0.650. The minimum Gasteiger partial charge on any atom is -0.451 e. The molecule has 1 amide bonds. The third-order valence-corrected chi connectivity index (χ3v) is 5.78. The van der Waals surface area contributed by atoms with E-state index < -0.39 is 22.6 Å². The van der Waals surface area contributed by atoms with Gasteiger partial charge in [0.05, 0.1) is 6.26 Å². The second kappa shape index (κ2) is 10.5. The largest absolute Gasteiger partial charge is 0.451 e. The molecular weight excluding hydrogens is 419 g/mol. The number of rotatable bonds is 10. The molecule has 1 N–H and O–H groups in total. The maximum Gasteiger partial charge on any atom is 0.348 e. The standard InChI is InChI=1S/C19H23FN2O5S2/c1-3-22(12-14-5-4-6-15(20)11-14)18(23)13-27-19(24)17-8-7-16(28-17)9-10-21-29(2,25)26/h4-8,11,21H,3,9-10,12-13H2,1-2H3. The van der Waals surface area contributed by atoms with Gasteiger partial charge in [-0.05, 0) is 43.2 Å². The molecule has 0 spiro atoms. The maximum absolute atomic E-state index is 13.3. The fourth-order valence-corrected chi connectivity index (χ4v) is 3.88. The predicted molar refractivity (Wildman–Crippen MR) is 109 cm³/mol. The van der Waals surface area contributed by atoms with Gasteiger partial charge in [0.25, 0.3) is 5.91 Å². The number of sulfonamides is 1. The van der Waals surface area contributed by atoms with Crippen LogP contribution < -0.4 is 4.72 Å². The van der Waals surface area contributed by atoms with E-state index in [4.69, 9.17) is 4.74 Å². The van der Waals surface area contributed by atoms with Gasteiger partial charge in [-0.25, -0.2) is 22.3 Å². The summed E-state index contributed by atoms with van der Waals surface area (Å²) in [4.78, 5) is 27.1. The summed E-state index contributed by atoms with van der Waals surface area (Å²) in [7, 11) is -3.26. The van der Waals surface area contributed by atoms with Crippen LogP contribution in [-0.4, -0.2) is 51.1 Å². The number of benzene rings is 1. The van der Waals surface area contributed by atoms with Gasteiger partial charge in [0, 0.05) is 24.5 Å². The number of thiophene rings is 1. The van der Waals surface area contributed by atoms with Crippen LogP contribution in [-0.2, 0) is 32.5 Å². The van der Waals surface area contributed by atoms with Crippen molar-refractivity contribution in [1.82, 2.24) is 9.62 Å². The van der Waals surface area contributed by atoms with Gasteiger partial charge < -0.3 is 9.64 Å². The van der Waals surface area contributed by atoms with Crippen LogP contribution in [0, 0.1) is 5.82 Å². The lowest BCUT2D eigenvalue weighted by Gasteiger charge is -2.20. The SMILES string of the molecule is CCN(Cc1cccc(F)c1)C(=O)COC(=O)c1ccc(CCNS(C)(=O)=O)s1. The number of hydrogen-bond acceptors (Lipinski definition) is 6. The number of carbonyl (C=O) groups is 2. The van der Waals surface area contributed by atoms with Crippen LogP contribution in [0.5, 0.6) is 0 Å². The number of hydrogen-bond donors (Lipinski definition) is 1. The smallest absolute Gasteiger partial charge is 0.348 e. The lowest BCUT2D eigenvalue weighted by molar-refractivity contribution is -0.134. The van der Waals surface area contributed by atoms with Gasteiger partial charge >= 0.3 is 5.97 Å². The molecular formula is C19H23FN2O5S2. The first kappa shape index (κ1) is 23.0. The summed E-state index contributed by atoms with van der Waals surface area (Å²) in [6.07, 6.45) is 1.52. The molecule has 1 aromatic carbocycles. The predicted octanol–water partition coefficient (Wildman–Crippen LogP) is 2.18. The van der Waals surface area contributed by atoms with Crippen LogP contribution in [0.1, 0.15) is 27.0 Å². The second-order valence-corrected chi connectivity index (χ2v) is 9.30. The zero-order valence-electron chi connectivity index (χ0n) is 16.2. The van der Waals surface area contributed by atoms with Gasteiger partial charge in [-0.1, -0.05) is 12.1 Å². The molecule has 0 aliphatic carbocycles. The fraction of sp³-hybridized carbons (Fsp3) is 0.368. The van der Waals surface area contributed by atoms with E-state index in [1.807, 2.05) is 0 Å². The number of ether oxygens (including phenoxy) is 1. The van der Waals surface area contributed by atoms with Crippen LogP contribution in [0.3, 0.4) is 0 Å². The van der Waals surface area contributed by atoms with Gasteiger partial charge in [0.2, 0.25) is 10.0 Å². The summed E-state index contributed by atoms with van der Waals surface area (Å²) < 4.78 is 42.9. The van der Waals surface area contributed by atoms with E-state index >= 15 is 0 Å². The number of nitrogens with one attached hydrogen (secondary N) is 1. The first-order valence-corrected chi connectivity index (χ1v) is 11.6. The van der Waals surface area contributed by atoms with Crippen LogP contribution in [0.25, 0.3) is 0 Å². The lowest BCUT2D eigenvalue weighted by atomic mass is 10.2. The van der Waals surface area contributed by atoms with Crippen LogP contribution in [0.15, 0.2) is 36.4 Å². The van der Waals surface area contributed by atoms with E-state index in [1.54, 1.807) is 31.2 Å². The number of likely N-dealkylation sites (N-methyl/N-ethyl adjacent to an activating group) is 1. The summed E-state index contributed by atoms with van der Waals surface area (Å²) in [6, 6.07) is 9.27. The highest BCUT2D eigenvalue weighted by molar-refractivity contribution is 7.88. The molecule has 10 heteroatoms. The van der Waals surface area contributed by atoms with Crippen molar-refractivity contribution in [2.75, 3.05) is 26.0 Å². The Bertz CT molecular complexity index is 959. The molecule has 1 heterocycles. The van der Waals surface area contributed by atoms with Crippen LogP contribution in [0.4, 0.5) is 4.39 Å². The molecule has 0 unspecified atom stereocenters. The van der Waals surface area contributed by atoms with E-state index in [9.17, 15) is 22.4 Å². The Labute approximate surface area is 173 Å². The van der Waals surface area contributed by atoms with Crippen LogP contribution in [0.2, 0.25) is 0 Å². The monoisotopic (exact) mass is 442 g/mol. The zero-order valence-corrected chi connectivity index (χ0v) is 17.8. The summed E-state index contributed by atoms with van der Waals surface area (Å²) >= 11 is 1.19. The molecule has 158 valence electrons. The van der Waals surface area contributed by atoms with Crippen LogP contribution >= 0.6 is 11.3 Å². The minimum atomic E-state index is -3.26. The van der Waals surface area contributed by atoms with Crippen molar-refractivity contribution in [3.05, 3.63) is 57.5 Å². The van der Waals surface area contributed by atoms with Crippen molar-refractivity contribution in [3.63, 3.8) is 0 Å². The number of esters is 1. The highest BCUT2D eigenvalue weighted by Gasteiger charge is 2.17. The Morgan fingerprint density at radius 3 is 2.66 bits per heavy atom. The molecule has 0 aliphatic heterocycles. The normalized spacial score (nSPS) is 11.3. The number of amides is 1.